The van der Waals surface area contributed by atoms with Crippen LogP contribution in [0, 0.1) is 0 Å². The third-order valence-corrected chi connectivity index (χ3v) is 10.9. The summed E-state index contributed by atoms with van der Waals surface area (Å²) in [6.45, 7) is 8.29. The number of hydrogen-bond donors (Lipinski definition) is 0. The third kappa shape index (κ3) is 7.19. The molecule has 276 valence electrons. The van der Waals surface area contributed by atoms with E-state index in [1.54, 1.807) is 0 Å². The van der Waals surface area contributed by atoms with Gasteiger partial charge < -0.3 is 9.31 Å². The molecule has 0 unspecified atom stereocenters. The van der Waals surface area contributed by atoms with Gasteiger partial charge in [0, 0.05) is 33.4 Å². The van der Waals surface area contributed by atoms with Gasteiger partial charge in [-0.15, -0.1) is 0 Å². The fraction of sp³-hybridized carbons (Fsp3) is 0.120. The van der Waals surface area contributed by atoms with Crippen molar-refractivity contribution < 1.29 is 9.31 Å². The molecule has 0 amide bonds. The largest absolute Gasteiger partial charge is 0.494 e. The molecule has 1 aliphatic heterocycles. The molecule has 0 N–H and O–H groups in total. The molecule has 1 fully saturated rings. The van der Waals surface area contributed by atoms with Crippen molar-refractivity contribution in [1.29, 1.82) is 0 Å². The molecule has 9 rings (SSSR count). The zero-order valence-corrected chi connectivity index (χ0v) is 32.4. The summed E-state index contributed by atoms with van der Waals surface area (Å²) in [5, 5.41) is 0. The Kier molecular flexibility index (Phi) is 9.41. The van der Waals surface area contributed by atoms with E-state index in [-0.39, 0.29) is 0 Å². The van der Waals surface area contributed by atoms with Crippen LogP contribution in [0.25, 0.3) is 78.9 Å². The Morgan fingerprint density at radius 1 is 0.351 bits per heavy atom. The summed E-state index contributed by atoms with van der Waals surface area (Å²) < 4.78 is 12.9. The van der Waals surface area contributed by atoms with Crippen molar-refractivity contribution in [3.8, 4) is 78.9 Å². The average molecular weight is 741 g/mol. The summed E-state index contributed by atoms with van der Waals surface area (Å²) in [6.07, 6.45) is 0. The highest BCUT2D eigenvalue weighted by molar-refractivity contribution is 6.62. The molecule has 1 saturated heterocycles. The lowest BCUT2D eigenvalue weighted by Gasteiger charge is -2.32. The Bertz CT molecular complexity index is 2670. The van der Waals surface area contributed by atoms with Crippen LogP contribution >= 0.6 is 0 Å². The summed E-state index contributed by atoms with van der Waals surface area (Å²) >= 11 is 0. The van der Waals surface area contributed by atoms with Gasteiger partial charge in [-0.05, 0) is 50.9 Å². The maximum absolute atomic E-state index is 6.43. The molecule has 57 heavy (non-hydrogen) atoms. The van der Waals surface area contributed by atoms with Crippen LogP contribution in [0.15, 0.2) is 176 Å². The van der Waals surface area contributed by atoms with Crippen molar-refractivity contribution in [1.82, 2.24) is 19.9 Å². The zero-order valence-electron chi connectivity index (χ0n) is 32.4. The van der Waals surface area contributed by atoms with E-state index in [9.17, 15) is 0 Å². The SMILES string of the molecule is CC1(C)OB(c2cccc(-c3cc(-c4cccc(-c5nc(-c6ccccc6)c(-c6ccccc6)nc5-c5ccccc5)c4)nc(-c4ccccc4)n3)c2)OC1(C)C. The van der Waals surface area contributed by atoms with E-state index in [0.717, 1.165) is 78.6 Å². The maximum atomic E-state index is 6.43. The van der Waals surface area contributed by atoms with Crippen LogP contribution in [0.2, 0.25) is 0 Å². The molecule has 8 aromatic rings. The standard InChI is InChI=1S/C50H41BN4O2/c1-49(2)50(3,4)57-51(56-49)41-30-18-28-39(32-41)43-33-42(52-48(53-43)37-25-15-8-16-26-37)38-27-17-29-40(31-38)47-46(36-23-13-7-14-24-36)54-44(34-19-9-5-10-20-34)45(55-47)35-21-11-6-12-22-35/h5-33H,1-4H3. The smallest absolute Gasteiger partial charge is 0.399 e. The minimum Gasteiger partial charge on any atom is -0.399 e. The lowest BCUT2D eigenvalue weighted by atomic mass is 9.78. The quantitative estimate of drug-likeness (QED) is 0.145. The minimum atomic E-state index is -0.490. The predicted molar refractivity (Wildman–Crippen MR) is 231 cm³/mol. The topological polar surface area (TPSA) is 70.0 Å². The normalized spacial score (nSPS) is 14.4. The summed E-state index contributed by atoms with van der Waals surface area (Å²) in [7, 11) is -0.490. The number of nitrogens with zero attached hydrogens (tertiary/aromatic N) is 4. The van der Waals surface area contributed by atoms with Crippen LogP contribution in [0.5, 0.6) is 0 Å². The fourth-order valence-electron chi connectivity index (χ4n) is 7.14. The molecule has 0 spiro atoms. The molecular weight excluding hydrogens is 699 g/mol. The van der Waals surface area contributed by atoms with Gasteiger partial charge in [-0.25, -0.2) is 19.9 Å². The Labute approximate surface area is 334 Å². The summed E-state index contributed by atoms with van der Waals surface area (Å²) in [5.74, 6) is 0.637. The first-order valence-electron chi connectivity index (χ1n) is 19.3. The number of hydrogen-bond acceptors (Lipinski definition) is 6. The van der Waals surface area contributed by atoms with Gasteiger partial charge in [0.05, 0.1) is 45.4 Å². The second-order valence-corrected chi connectivity index (χ2v) is 15.3. The minimum absolute atomic E-state index is 0.449. The monoisotopic (exact) mass is 740 g/mol. The van der Waals surface area contributed by atoms with Crippen molar-refractivity contribution in [3.05, 3.63) is 176 Å². The van der Waals surface area contributed by atoms with Crippen LogP contribution in [0.3, 0.4) is 0 Å². The second kappa shape index (κ2) is 14.8. The molecule has 0 bridgehead atoms. The molecule has 1 aliphatic rings. The molecule has 6 nitrogen and oxygen atoms in total. The molecular formula is C50H41BN4O2. The van der Waals surface area contributed by atoms with E-state index >= 15 is 0 Å². The Balaban J connectivity index is 1.20. The first kappa shape index (κ1) is 36.1. The van der Waals surface area contributed by atoms with E-state index in [1.807, 2.05) is 97.1 Å². The summed E-state index contributed by atoms with van der Waals surface area (Å²) in [4.78, 5) is 21.2. The van der Waals surface area contributed by atoms with Gasteiger partial charge in [-0.1, -0.05) is 164 Å². The average Bonchev–Trinajstić information content (AvgIpc) is 3.49. The van der Waals surface area contributed by atoms with Crippen molar-refractivity contribution in [2.75, 3.05) is 0 Å². The first-order chi connectivity index (χ1) is 27.7. The van der Waals surface area contributed by atoms with E-state index < -0.39 is 18.3 Å². The summed E-state index contributed by atoms with van der Waals surface area (Å²) in [6, 6.07) is 59.7. The van der Waals surface area contributed by atoms with Crippen molar-refractivity contribution in [2.45, 2.75) is 38.9 Å². The lowest BCUT2D eigenvalue weighted by molar-refractivity contribution is 0.00578. The molecule has 6 aromatic carbocycles. The van der Waals surface area contributed by atoms with Crippen molar-refractivity contribution in [3.63, 3.8) is 0 Å². The predicted octanol–water partition coefficient (Wildman–Crippen LogP) is 11.2. The van der Waals surface area contributed by atoms with E-state index in [1.165, 1.54) is 0 Å². The fourth-order valence-corrected chi connectivity index (χ4v) is 7.14. The van der Waals surface area contributed by atoms with Gasteiger partial charge in [0.2, 0.25) is 0 Å². The first-order valence-corrected chi connectivity index (χ1v) is 19.3. The van der Waals surface area contributed by atoms with E-state index in [4.69, 9.17) is 29.2 Å². The highest BCUT2D eigenvalue weighted by atomic mass is 16.7. The second-order valence-electron chi connectivity index (χ2n) is 15.3. The molecule has 0 radical (unpaired) electrons. The van der Waals surface area contributed by atoms with Crippen molar-refractivity contribution >= 4 is 12.6 Å². The van der Waals surface area contributed by atoms with Crippen LogP contribution < -0.4 is 5.46 Å². The molecule has 0 atom stereocenters. The molecule has 0 saturated carbocycles. The van der Waals surface area contributed by atoms with Crippen LogP contribution in [-0.2, 0) is 9.31 Å². The molecule has 0 aliphatic carbocycles. The number of benzene rings is 6. The van der Waals surface area contributed by atoms with Crippen LogP contribution in [-0.4, -0.2) is 38.3 Å². The third-order valence-electron chi connectivity index (χ3n) is 10.9. The van der Waals surface area contributed by atoms with Gasteiger partial charge in [-0.2, -0.15) is 0 Å². The number of rotatable bonds is 8. The molecule has 3 heterocycles. The van der Waals surface area contributed by atoms with Gasteiger partial charge >= 0.3 is 7.12 Å². The highest BCUT2D eigenvalue weighted by Gasteiger charge is 2.51. The number of aromatic nitrogens is 4. The maximum Gasteiger partial charge on any atom is 0.494 e. The van der Waals surface area contributed by atoms with Crippen LogP contribution in [0.4, 0.5) is 0 Å². The van der Waals surface area contributed by atoms with E-state index in [0.29, 0.717) is 5.82 Å². The van der Waals surface area contributed by atoms with Crippen LogP contribution in [0.1, 0.15) is 27.7 Å². The Hall–Kier alpha value is -6.54. The van der Waals surface area contributed by atoms with Gasteiger partial charge in [0.15, 0.2) is 5.82 Å². The summed E-state index contributed by atoms with van der Waals surface area (Å²) in [5.41, 5.74) is 11.6. The van der Waals surface area contributed by atoms with Gasteiger partial charge in [-0.3, -0.25) is 0 Å². The lowest BCUT2D eigenvalue weighted by Crippen LogP contribution is -2.41. The Morgan fingerprint density at radius 2 is 0.719 bits per heavy atom. The molecule has 7 heteroatoms. The molecule has 2 aromatic heterocycles. The van der Waals surface area contributed by atoms with E-state index in [2.05, 4.69) is 107 Å². The Morgan fingerprint density at radius 3 is 1.19 bits per heavy atom. The zero-order chi connectivity index (χ0) is 39.0. The van der Waals surface area contributed by atoms with Gasteiger partial charge in [0.1, 0.15) is 0 Å². The van der Waals surface area contributed by atoms with Gasteiger partial charge in [0.25, 0.3) is 0 Å². The highest BCUT2D eigenvalue weighted by Crippen LogP contribution is 2.39. The van der Waals surface area contributed by atoms with Crippen molar-refractivity contribution in [2.24, 2.45) is 0 Å².